The molecule has 4 nitrogen and oxygen atoms in total. The van der Waals surface area contributed by atoms with Gasteiger partial charge < -0.3 is 4.74 Å². The molecule has 13 heavy (non-hydrogen) atoms. The van der Waals surface area contributed by atoms with Gasteiger partial charge in [0.25, 0.3) is 0 Å². The van der Waals surface area contributed by atoms with Crippen LogP contribution in [0.2, 0.25) is 0 Å². The molecule has 0 heterocycles. The van der Waals surface area contributed by atoms with Gasteiger partial charge in [-0.3, -0.25) is 4.89 Å². The van der Waals surface area contributed by atoms with E-state index >= 15 is 0 Å². The lowest BCUT2D eigenvalue weighted by atomic mass is 10.3. The lowest BCUT2D eigenvalue weighted by molar-refractivity contribution is -0.240. The fourth-order valence-electron chi connectivity index (χ4n) is 0.826. The van der Waals surface area contributed by atoms with Gasteiger partial charge >= 0.3 is 5.97 Å². The number of rotatable bonds is 3. The fourth-order valence-corrected chi connectivity index (χ4v) is 0.826. The Bertz CT molecular complexity index is 270. The molecule has 1 aromatic carbocycles. The first kappa shape index (κ1) is 9.54. The van der Waals surface area contributed by atoms with Gasteiger partial charge in [-0.15, -0.1) is 0 Å². The van der Waals surface area contributed by atoms with Crippen LogP contribution in [-0.4, -0.2) is 17.3 Å². The highest BCUT2D eigenvalue weighted by Crippen LogP contribution is 2.10. The van der Waals surface area contributed by atoms with Crippen molar-refractivity contribution < 1.29 is 19.7 Å². The Balaban J connectivity index is 2.55. The lowest BCUT2D eigenvalue weighted by Crippen LogP contribution is -2.24. The van der Waals surface area contributed by atoms with Gasteiger partial charge in [0.15, 0.2) is 6.10 Å². The van der Waals surface area contributed by atoms with Crippen molar-refractivity contribution in [2.45, 2.75) is 13.0 Å². The Morgan fingerprint density at radius 3 is 2.54 bits per heavy atom. The second kappa shape index (κ2) is 4.47. The number of benzene rings is 1. The molecule has 0 spiro atoms. The minimum Gasteiger partial charge on any atom is -0.479 e. The van der Waals surface area contributed by atoms with Crippen molar-refractivity contribution >= 4 is 5.97 Å². The van der Waals surface area contributed by atoms with E-state index in [4.69, 9.17) is 9.99 Å². The molecule has 0 amide bonds. The molecule has 0 aliphatic heterocycles. The Labute approximate surface area is 75.6 Å². The first-order valence-corrected chi connectivity index (χ1v) is 3.81. The van der Waals surface area contributed by atoms with Crippen molar-refractivity contribution in [1.82, 2.24) is 0 Å². The zero-order valence-electron chi connectivity index (χ0n) is 7.14. The number of hydrogen-bond donors (Lipinski definition) is 1. The predicted octanol–water partition coefficient (Wildman–Crippen LogP) is 1.47. The van der Waals surface area contributed by atoms with E-state index in [2.05, 4.69) is 4.89 Å². The van der Waals surface area contributed by atoms with E-state index in [1.807, 2.05) is 6.07 Å². The van der Waals surface area contributed by atoms with Gasteiger partial charge in [0.1, 0.15) is 5.75 Å². The molecule has 0 radical (unpaired) electrons. The van der Waals surface area contributed by atoms with Crippen LogP contribution in [0.15, 0.2) is 30.3 Å². The molecule has 1 rings (SSSR count). The molecule has 0 unspecified atom stereocenters. The maximum atomic E-state index is 10.7. The molecule has 70 valence electrons. The van der Waals surface area contributed by atoms with Crippen LogP contribution < -0.4 is 4.74 Å². The molecule has 0 aromatic heterocycles. The van der Waals surface area contributed by atoms with Crippen molar-refractivity contribution in [3.05, 3.63) is 30.3 Å². The molecular formula is C9H10O4. The third-order valence-electron chi connectivity index (χ3n) is 1.48. The second-order valence-corrected chi connectivity index (χ2v) is 2.48. The quantitative estimate of drug-likeness (QED) is 0.568. The fraction of sp³-hybridized carbons (Fsp3) is 0.222. The molecule has 4 heteroatoms. The number of carbonyl (C=O) groups excluding carboxylic acids is 1. The summed E-state index contributed by atoms with van der Waals surface area (Å²) < 4.78 is 5.13. The van der Waals surface area contributed by atoms with Gasteiger partial charge in [0, 0.05) is 0 Å². The van der Waals surface area contributed by atoms with Crippen molar-refractivity contribution in [3.63, 3.8) is 0 Å². The van der Waals surface area contributed by atoms with Gasteiger partial charge in [-0.2, -0.15) is 5.26 Å². The Morgan fingerprint density at radius 2 is 2.00 bits per heavy atom. The molecule has 0 saturated carbocycles. The Hall–Kier alpha value is -1.55. The molecule has 0 aliphatic rings. The monoisotopic (exact) mass is 182 g/mol. The van der Waals surface area contributed by atoms with Crippen molar-refractivity contribution in [3.8, 4) is 5.75 Å². The van der Waals surface area contributed by atoms with Gasteiger partial charge in [-0.1, -0.05) is 18.2 Å². The summed E-state index contributed by atoms with van der Waals surface area (Å²) in [5.41, 5.74) is 0. The first-order valence-electron chi connectivity index (χ1n) is 3.81. The van der Waals surface area contributed by atoms with Crippen LogP contribution in [0.25, 0.3) is 0 Å². The highest BCUT2D eigenvalue weighted by molar-refractivity contribution is 5.73. The summed E-state index contributed by atoms with van der Waals surface area (Å²) in [5, 5.41) is 8.05. The minimum atomic E-state index is -0.816. The van der Waals surface area contributed by atoms with Crippen molar-refractivity contribution in [2.75, 3.05) is 0 Å². The zero-order valence-corrected chi connectivity index (χ0v) is 7.14. The summed E-state index contributed by atoms with van der Waals surface area (Å²) in [4.78, 5) is 14.2. The first-order chi connectivity index (χ1) is 6.24. The Morgan fingerprint density at radius 1 is 1.38 bits per heavy atom. The van der Waals surface area contributed by atoms with Gasteiger partial charge in [0.05, 0.1) is 0 Å². The third-order valence-corrected chi connectivity index (χ3v) is 1.48. The Kier molecular flexibility index (Phi) is 3.28. The number of carbonyl (C=O) groups is 1. The summed E-state index contributed by atoms with van der Waals surface area (Å²) in [6.45, 7) is 1.49. The van der Waals surface area contributed by atoms with E-state index in [9.17, 15) is 4.79 Å². The molecular weight excluding hydrogens is 172 g/mol. The summed E-state index contributed by atoms with van der Waals surface area (Å²) in [6.07, 6.45) is -0.813. The standard InChI is InChI=1S/C9H10O4/c1-7(9(10)13-11)12-8-5-3-2-4-6-8/h2-7,11H,1H3/t7-/m1/s1. The van der Waals surface area contributed by atoms with Crippen molar-refractivity contribution in [1.29, 1.82) is 0 Å². The number of hydrogen-bond acceptors (Lipinski definition) is 4. The lowest BCUT2D eigenvalue weighted by Gasteiger charge is -2.10. The van der Waals surface area contributed by atoms with E-state index in [0.29, 0.717) is 5.75 Å². The largest absolute Gasteiger partial charge is 0.479 e. The molecule has 0 saturated heterocycles. The SMILES string of the molecule is C[C@@H](Oc1ccccc1)C(=O)OO. The predicted molar refractivity (Wildman–Crippen MR) is 45.3 cm³/mol. The summed E-state index contributed by atoms with van der Waals surface area (Å²) in [7, 11) is 0. The molecule has 1 atom stereocenters. The van der Waals surface area contributed by atoms with Crippen LogP contribution in [-0.2, 0) is 9.68 Å². The van der Waals surface area contributed by atoms with E-state index < -0.39 is 12.1 Å². The minimum absolute atomic E-state index is 0.556. The molecule has 1 N–H and O–H groups in total. The number of para-hydroxylation sites is 1. The topological polar surface area (TPSA) is 55.8 Å². The second-order valence-electron chi connectivity index (χ2n) is 2.48. The van der Waals surface area contributed by atoms with E-state index in [-0.39, 0.29) is 0 Å². The summed E-state index contributed by atoms with van der Waals surface area (Å²) >= 11 is 0. The normalized spacial score (nSPS) is 11.8. The summed E-state index contributed by atoms with van der Waals surface area (Å²) in [5.74, 6) is -0.260. The summed E-state index contributed by atoms with van der Waals surface area (Å²) in [6, 6.07) is 8.82. The highest BCUT2D eigenvalue weighted by Gasteiger charge is 2.15. The van der Waals surface area contributed by atoms with Crippen LogP contribution >= 0.6 is 0 Å². The van der Waals surface area contributed by atoms with Gasteiger partial charge in [-0.05, 0) is 19.1 Å². The van der Waals surface area contributed by atoms with Gasteiger partial charge in [0.2, 0.25) is 0 Å². The maximum Gasteiger partial charge on any atom is 0.381 e. The van der Waals surface area contributed by atoms with Crippen LogP contribution in [0.3, 0.4) is 0 Å². The van der Waals surface area contributed by atoms with Gasteiger partial charge in [-0.25, -0.2) is 4.79 Å². The average Bonchev–Trinajstić information content (AvgIpc) is 2.18. The highest BCUT2D eigenvalue weighted by atomic mass is 17.1. The smallest absolute Gasteiger partial charge is 0.381 e. The van der Waals surface area contributed by atoms with Crippen LogP contribution in [0.4, 0.5) is 0 Å². The van der Waals surface area contributed by atoms with E-state index in [1.165, 1.54) is 6.92 Å². The van der Waals surface area contributed by atoms with E-state index in [1.54, 1.807) is 24.3 Å². The maximum absolute atomic E-state index is 10.7. The van der Waals surface area contributed by atoms with E-state index in [0.717, 1.165) is 0 Å². The number of ether oxygens (including phenoxy) is 1. The molecule has 1 aromatic rings. The average molecular weight is 182 g/mol. The molecule has 0 aliphatic carbocycles. The third kappa shape index (κ3) is 2.76. The molecule has 0 fully saturated rings. The van der Waals surface area contributed by atoms with Crippen LogP contribution in [0.5, 0.6) is 5.75 Å². The van der Waals surface area contributed by atoms with Crippen LogP contribution in [0, 0.1) is 0 Å². The molecule has 0 bridgehead atoms. The zero-order chi connectivity index (χ0) is 9.68. The van der Waals surface area contributed by atoms with Crippen LogP contribution in [0.1, 0.15) is 6.92 Å². The van der Waals surface area contributed by atoms with Crippen molar-refractivity contribution in [2.24, 2.45) is 0 Å².